The summed E-state index contributed by atoms with van der Waals surface area (Å²) in [6.07, 6.45) is 2.07. The summed E-state index contributed by atoms with van der Waals surface area (Å²) in [7, 11) is 1.99. The monoisotopic (exact) mass is 252 g/mol. The molecule has 2 heterocycles. The van der Waals surface area contributed by atoms with Crippen LogP contribution in [0.4, 0.5) is 0 Å². The maximum absolute atomic E-state index is 5.87. The van der Waals surface area contributed by atoms with Crippen LogP contribution in [-0.2, 0) is 13.5 Å². The third kappa shape index (κ3) is 1.58. The van der Waals surface area contributed by atoms with E-state index in [2.05, 4.69) is 16.6 Å². The van der Waals surface area contributed by atoms with Gasteiger partial charge >= 0.3 is 0 Å². The number of hydrogen-bond donors (Lipinski definition) is 0. The highest BCUT2D eigenvalue weighted by atomic mass is 35.5. The van der Waals surface area contributed by atoms with Crippen molar-refractivity contribution < 1.29 is 0 Å². The van der Waals surface area contributed by atoms with Crippen molar-refractivity contribution in [2.45, 2.75) is 32.7 Å². The molecule has 17 heavy (non-hydrogen) atoms. The number of fused-ring (bicyclic) bond motifs is 1. The molecule has 0 saturated heterocycles. The van der Waals surface area contributed by atoms with E-state index >= 15 is 0 Å². The molecule has 0 aromatic carbocycles. The Kier molecular flexibility index (Phi) is 2.43. The molecule has 0 spiro atoms. The Hall–Kier alpha value is -1.03. The first-order valence-electron chi connectivity index (χ1n) is 6.10. The van der Waals surface area contributed by atoms with E-state index in [9.17, 15) is 0 Å². The van der Waals surface area contributed by atoms with Crippen LogP contribution in [0.3, 0.4) is 0 Å². The summed E-state index contributed by atoms with van der Waals surface area (Å²) in [6.45, 7) is 4.30. The topological polar surface area (TPSA) is 35.6 Å². The fourth-order valence-corrected chi connectivity index (χ4v) is 2.78. The molecule has 2 aromatic rings. The van der Waals surface area contributed by atoms with Crippen molar-refractivity contribution in [1.29, 1.82) is 0 Å². The van der Waals surface area contributed by atoms with Gasteiger partial charge in [-0.05, 0) is 19.3 Å². The lowest BCUT2D eigenvalue weighted by molar-refractivity contribution is 0.634. The number of aromatic nitrogens is 4. The molecule has 1 saturated carbocycles. The Morgan fingerprint density at radius 1 is 1.47 bits per heavy atom. The highest BCUT2D eigenvalue weighted by Gasteiger charge is 2.38. The third-order valence-corrected chi connectivity index (χ3v) is 3.81. The van der Waals surface area contributed by atoms with Gasteiger partial charge < -0.3 is 4.57 Å². The zero-order valence-corrected chi connectivity index (χ0v) is 11.2. The molecule has 2 atom stereocenters. The van der Waals surface area contributed by atoms with Gasteiger partial charge in [0.15, 0.2) is 5.65 Å². The van der Waals surface area contributed by atoms with Gasteiger partial charge in [-0.2, -0.15) is 5.10 Å². The van der Waals surface area contributed by atoms with Crippen LogP contribution >= 0.6 is 11.6 Å². The molecule has 1 aliphatic rings. The first-order chi connectivity index (χ1) is 8.13. The summed E-state index contributed by atoms with van der Waals surface area (Å²) in [6, 6.07) is 0.591. The van der Waals surface area contributed by atoms with Crippen molar-refractivity contribution in [2.24, 2.45) is 13.0 Å². The summed E-state index contributed by atoms with van der Waals surface area (Å²) < 4.78 is 4.29. The van der Waals surface area contributed by atoms with Crippen molar-refractivity contribution >= 4 is 22.8 Å². The summed E-state index contributed by atoms with van der Waals surface area (Å²) in [5.41, 5.74) is 3.19. The Labute approximate surface area is 106 Å². The quantitative estimate of drug-likeness (QED) is 0.787. The van der Waals surface area contributed by atoms with Crippen LogP contribution in [0, 0.1) is 12.8 Å². The second-order valence-electron chi connectivity index (χ2n) is 5.00. The minimum atomic E-state index is 0.591. The summed E-state index contributed by atoms with van der Waals surface area (Å²) >= 11 is 5.87. The molecule has 0 N–H and O–H groups in total. The lowest BCUT2D eigenvalue weighted by Crippen LogP contribution is -2.07. The fourth-order valence-electron chi connectivity index (χ4n) is 2.61. The summed E-state index contributed by atoms with van der Waals surface area (Å²) in [4.78, 5) is 4.71. The zero-order valence-electron chi connectivity index (χ0n) is 10.4. The van der Waals surface area contributed by atoms with Crippen molar-refractivity contribution in [3.8, 4) is 0 Å². The van der Waals surface area contributed by atoms with Crippen molar-refractivity contribution in [3.05, 3.63) is 11.5 Å². The maximum atomic E-state index is 5.87. The molecule has 3 rings (SSSR count). The molecule has 0 aliphatic heterocycles. The number of hydrogen-bond acceptors (Lipinski definition) is 2. The molecular weight excluding hydrogens is 236 g/mol. The lowest BCUT2D eigenvalue weighted by atomic mass is 10.4. The average Bonchev–Trinajstić information content (AvgIpc) is 2.76. The Morgan fingerprint density at radius 3 is 2.76 bits per heavy atom. The molecule has 92 valence electrons. The predicted molar refractivity (Wildman–Crippen MR) is 68.5 cm³/mol. The molecule has 2 unspecified atom stereocenters. The van der Waals surface area contributed by atoms with Crippen LogP contribution in [0.2, 0.25) is 0 Å². The average molecular weight is 253 g/mol. The number of imidazole rings is 1. The molecule has 0 radical (unpaired) electrons. The highest BCUT2D eigenvalue weighted by Crippen LogP contribution is 2.45. The smallest absolute Gasteiger partial charge is 0.158 e. The number of rotatable bonds is 3. The van der Waals surface area contributed by atoms with E-state index in [0.717, 1.165) is 35.0 Å². The van der Waals surface area contributed by atoms with Crippen LogP contribution in [0.5, 0.6) is 0 Å². The Morgan fingerprint density at radius 2 is 2.18 bits per heavy atom. The van der Waals surface area contributed by atoms with E-state index in [1.807, 2.05) is 18.7 Å². The van der Waals surface area contributed by atoms with Crippen LogP contribution in [-0.4, -0.2) is 25.2 Å². The number of halogens is 1. The second-order valence-corrected chi connectivity index (χ2v) is 5.38. The Bertz CT molecular complexity index is 569. The van der Waals surface area contributed by atoms with E-state index in [4.69, 9.17) is 16.6 Å². The first-order valence-corrected chi connectivity index (χ1v) is 6.63. The van der Waals surface area contributed by atoms with E-state index in [0.29, 0.717) is 11.9 Å². The van der Waals surface area contributed by atoms with Gasteiger partial charge in [-0.25, -0.2) is 4.98 Å². The van der Waals surface area contributed by atoms with E-state index in [1.165, 1.54) is 6.42 Å². The van der Waals surface area contributed by atoms with Gasteiger partial charge in [0.1, 0.15) is 11.3 Å². The largest absolute Gasteiger partial charge is 0.309 e. The van der Waals surface area contributed by atoms with E-state index in [-0.39, 0.29) is 0 Å². The highest BCUT2D eigenvalue weighted by molar-refractivity contribution is 6.17. The van der Waals surface area contributed by atoms with Crippen molar-refractivity contribution in [2.75, 3.05) is 5.88 Å². The van der Waals surface area contributed by atoms with E-state index in [1.54, 1.807) is 0 Å². The predicted octanol–water partition coefficient (Wildman–Crippen LogP) is 2.44. The van der Waals surface area contributed by atoms with Crippen LogP contribution < -0.4 is 0 Å². The van der Waals surface area contributed by atoms with Crippen molar-refractivity contribution in [3.63, 3.8) is 0 Å². The SMILES string of the molecule is Cc1nn(C)c2c1nc(CCCl)n2C1CC1C. The van der Waals surface area contributed by atoms with Gasteiger partial charge in [0.05, 0.1) is 5.69 Å². The molecule has 5 heteroatoms. The maximum Gasteiger partial charge on any atom is 0.158 e. The van der Waals surface area contributed by atoms with Gasteiger partial charge in [0.2, 0.25) is 0 Å². The van der Waals surface area contributed by atoms with Gasteiger partial charge in [0, 0.05) is 25.4 Å². The molecular formula is C12H17ClN4. The Balaban J connectivity index is 2.22. The van der Waals surface area contributed by atoms with Crippen molar-refractivity contribution in [1.82, 2.24) is 19.3 Å². The molecule has 4 nitrogen and oxygen atoms in total. The standard InChI is InChI=1S/C12H17ClN4/c1-7-6-9(7)17-10(4-5-13)14-11-8(2)15-16(3)12(11)17/h7,9H,4-6H2,1-3H3. The second kappa shape index (κ2) is 3.73. The van der Waals surface area contributed by atoms with Crippen LogP contribution in [0.25, 0.3) is 11.2 Å². The zero-order chi connectivity index (χ0) is 12.2. The normalized spacial score (nSPS) is 23.5. The molecule has 0 amide bonds. The molecule has 2 aromatic heterocycles. The lowest BCUT2D eigenvalue weighted by Gasteiger charge is -2.07. The molecule has 1 aliphatic carbocycles. The third-order valence-electron chi connectivity index (χ3n) is 3.62. The minimum Gasteiger partial charge on any atom is -0.309 e. The number of aryl methyl sites for hydroxylation is 3. The van der Waals surface area contributed by atoms with Crippen LogP contribution in [0.1, 0.15) is 30.9 Å². The van der Waals surface area contributed by atoms with Gasteiger partial charge in [-0.15, -0.1) is 11.6 Å². The first kappa shape index (κ1) is 11.1. The number of nitrogens with zero attached hydrogens (tertiary/aromatic N) is 4. The summed E-state index contributed by atoms with van der Waals surface area (Å²) in [5.74, 6) is 2.48. The van der Waals surface area contributed by atoms with Crippen LogP contribution in [0.15, 0.2) is 0 Å². The fraction of sp³-hybridized carbons (Fsp3) is 0.667. The molecule has 0 bridgehead atoms. The van der Waals surface area contributed by atoms with Gasteiger partial charge in [0.25, 0.3) is 0 Å². The van der Waals surface area contributed by atoms with E-state index < -0.39 is 0 Å². The molecule has 1 fully saturated rings. The van der Waals surface area contributed by atoms with Gasteiger partial charge in [-0.1, -0.05) is 6.92 Å². The van der Waals surface area contributed by atoms with Gasteiger partial charge in [-0.3, -0.25) is 4.68 Å². The minimum absolute atomic E-state index is 0.591. The summed E-state index contributed by atoms with van der Waals surface area (Å²) in [5, 5.41) is 4.45. The number of alkyl halides is 1.